The molecular weight excluding hydrogens is 209 g/mol. The second-order valence-electron chi connectivity index (χ2n) is 4.26. The second kappa shape index (κ2) is 4.88. The lowest BCUT2D eigenvalue weighted by molar-refractivity contribution is 0.0605. The van der Waals surface area contributed by atoms with Gasteiger partial charge in [-0.1, -0.05) is 18.2 Å². The van der Waals surface area contributed by atoms with Crippen molar-refractivity contribution < 1.29 is 13.9 Å². The lowest BCUT2D eigenvalue weighted by atomic mass is 10.2. The number of carbonyl (C=O) groups excluding carboxylic acids is 1. The van der Waals surface area contributed by atoms with Gasteiger partial charge in [0.25, 0.3) is 0 Å². The van der Waals surface area contributed by atoms with Gasteiger partial charge in [0.15, 0.2) is 0 Å². The summed E-state index contributed by atoms with van der Waals surface area (Å²) in [5, 5.41) is 0. The predicted octanol–water partition coefficient (Wildman–Crippen LogP) is 3.18. The van der Waals surface area contributed by atoms with Crippen LogP contribution in [0.2, 0.25) is 0 Å². The molecule has 0 bridgehead atoms. The summed E-state index contributed by atoms with van der Waals surface area (Å²) in [6.45, 7) is 5.22. The van der Waals surface area contributed by atoms with E-state index < -0.39 is 17.5 Å². The van der Waals surface area contributed by atoms with Gasteiger partial charge in [0, 0.05) is 11.8 Å². The molecule has 0 aliphatic rings. The predicted molar refractivity (Wildman–Crippen MR) is 60.2 cm³/mol. The summed E-state index contributed by atoms with van der Waals surface area (Å²) < 4.78 is 18.1. The van der Waals surface area contributed by atoms with E-state index in [-0.39, 0.29) is 5.56 Å². The van der Waals surface area contributed by atoms with Gasteiger partial charge < -0.3 is 4.74 Å². The summed E-state index contributed by atoms with van der Waals surface area (Å²) in [5.74, 6) is -0.421. The van der Waals surface area contributed by atoms with Gasteiger partial charge in [0.2, 0.25) is 0 Å². The number of halogens is 1. The van der Waals surface area contributed by atoms with Crippen LogP contribution in [0.15, 0.2) is 29.3 Å². The zero-order valence-electron chi connectivity index (χ0n) is 9.53. The number of benzene rings is 1. The minimum absolute atomic E-state index is 0.258. The molecule has 86 valence electrons. The average molecular weight is 223 g/mol. The Bertz CT molecular complexity index is 408. The smallest absolute Gasteiger partial charge is 0.434 e. The summed E-state index contributed by atoms with van der Waals surface area (Å²) in [4.78, 5) is 14.7. The normalized spacial score (nSPS) is 11.8. The van der Waals surface area contributed by atoms with Crippen LogP contribution in [0.1, 0.15) is 26.3 Å². The first kappa shape index (κ1) is 12.4. The molecule has 0 aliphatic carbocycles. The van der Waals surface area contributed by atoms with E-state index in [0.29, 0.717) is 0 Å². The van der Waals surface area contributed by atoms with Crippen LogP contribution in [-0.4, -0.2) is 17.9 Å². The minimum atomic E-state index is -0.726. The molecule has 0 aromatic heterocycles. The monoisotopic (exact) mass is 223 g/mol. The maximum Gasteiger partial charge on any atom is 0.434 e. The molecule has 1 amide bonds. The zero-order valence-corrected chi connectivity index (χ0v) is 9.53. The summed E-state index contributed by atoms with van der Waals surface area (Å²) >= 11 is 0. The van der Waals surface area contributed by atoms with E-state index in [0.717, 1.165) is 6.21 Å². The summed E-state index contributed by atoms with van der Waals surface area (Å²) in [6.07, 6.45) is 0.430. The van der Waals surface area contributed by atoms with Gasteiger partial charge in [-0.05, 0) is 26.8 Å². The maximum atomic E-state index is 13.1. The van der Waals surface area contributed by atoms with Crippen molar-refractivity contribution >= 4 is 12.3 Å². The van der Waals surface area contributed by atoms with Crippen molar-refractivity contribution in [1.82, 2.24) is 0 Å². The highest BCUT2D eigenvalue weighted by Crippen LogP contribution is 2.08. The lowest BCUT2D eigenvalue weighted by Crippen LogP contribution is -2.21. The first-order valence-electron chi connectivity index (χ1n) is 4.90. The molecule has 0 heterocycles. The third-order valence-corrected chi connectivity index (χ3v) is 1.61. The first-order valence-corrected chi connectivity index (χ1v) is 4.90. The molecule has 3 nitrogen and oxygen atoms in total. The molecule has 1 rings (SSSR count). The van der Waals surface area contributed by atoms with E-state index in [1.54, 1.807) is 32.9 Å². The van der Waals surface area contributed by atoms with Gasteiger partial charge in [0.1, 0.15) is 11.4 Å². The molecule has 0 aliphatic heterocycles. The van der Waals surface area contributed by atoms with Crippen LogP contribution in [0.4, 0.5) is 9.18 Å². The Hall–Kier alpha value is -1.71. The quantitative estimate of drug-likeness (QED) is 0.686. The van der Waals surface area contributed by atoms with Crippen molar-refractivity contribution in [3.05, 3.63) is 35.6 Å². The van der Waals surface area contributed by atoms with Gasteiger partial charge in [0.05, 0.1) is 0 Å². The fraction of sp³-hybridized carbons (Fsp3) is 0.333. The van der Waals surface area contributed by atoms with Crippen LogP contribution in [0.3, 0.4) is 0 Å². The second-order valence-corrected chi connectivity index (χ2v) is 4.26. The Kier molecular flexibility index (Phi) is 3.77. The molecule has 0 unspecified atom stereocenters. The molecule has 4 heteroatoms. The number of hydrogen-bond acceptors (Lipinski definition) is 2. The Balaban J connectivity index is 2.68. The Labute approximate surface area is 94.0 Å². The van der Waals surface area contributed by atoms with E-state index in [2.05, 4.69) is 4.99 Å². The third kappa shape index (κ3) is 4.21. The standard InChI is InChI=1S/C12H14FNO2/c1-12(2,3)16-11(15)14-8-9-6-4-5-7-10(9)13/h4-8H,1-3H3. The van der Waals surface area contributed by atoms with Crippen molar-refractivity contribution in [2.45, 2.75) is 26.4 Å². The van der Waals surface area contributed by atoms with Gasteiger partial charge in [-0.2, -0.15) is 4.99 Å². The molecule has 1 aromatic carbocycles. The molecule has 0 spiro atoms. The van der Waals surface area contributed by atoms with Crippen LogP contribution < -0.4 is 0 Å². The maximum absolute atomic E-state index is 13.1. The molecule has 16 heavy (non-hydrogen) atoms. The molecule has 0 radical (unpaired) electrons. The van der Waals surface area contributed by atoms with Crippen molar-refractivity contribution in [3.63, 3.8) is 0 Å². The van der Waals surface area contributed by atoms with E-state index in [1.165, 1.54) is 12.1 Å². The zero-order chi connectivity index (χ0) is 12.2. The molecule has 0 fully saturated rings. The third-order valence-electron chi connectivity index (χ3n) is 1.61. The number of amides is 1. The van der Waals surface area contributed by atoms with Crippen LogP contribution in [-0.2, 0) is 4.74 Å². The number of nitrogens with zero attached hydrogens (tertiary/aromatic N) is 1. The first-order chi connectivity index (χ1) is 7.38. The van der Waals surface area contributed by atoms with Crippen molar-refractivity contribution in [1.29, 1.82) is 0 Å². The highest BCUT2D eigenvalue weighted by molar-refractivity contribution is 5.89. The number of ether oxygens (including phenoxy) is 1. The van der Waals surface area contributed by atoms with Gasteiger partial charge in [-0.15, -0.1) is 0 Å². The van der Waals surface area contributed by atoms with Gasteiger partial charge in [-0.3, -0.25) is 0 Å². The van der Waals surface area contributed by atoms with Crippen molar-refractivity contribution in [3.8, 4) is 0 Å². The molecule has 0 saturated carbocycles. The Morgan fingerprint density at radius 1 is 1.38 bits per heavy atom. The Morgan fingerprint density at radius 2 is 2.00 bits per heavy atom. The molecule has 1 aromatic rings. The van der Waals surface area contributed by atoms with Crippen LogP contribution in [0.5, 0.6) is 0 Å². The van der Waals surface area contributed by atoms with Gasteiger partial charge in [-0.25, -0.2) is 9.18 Å². The van der Waals surface area contributed by atoms with E-state index >= 15 is 0 Å². The Morgan fingerprint density at radius 3 is 2.56 bits per heavy atom. The largest absolute Gasteiger partial charge is 0.442 e. The highest BCUT2D eigenvalue weighted by Gasteiger charge is 2.14. The van der Waals surface area contributed by atoms with Crippen LogP contribution in [0.25, 0.3) is 0 Å². The fourth-order valence-electron chi connectivity index (χ4n) is 0.990. The van der Waals surface area contributed by atoms with E-state index in [4.69, 9.17) is 4.74 Å². The number of carbonyl (C=O) groups is 1. The molecule has 0 atom stereocenters. The van der Waals surface area contributed by atoms with Crippen molar-refractivity contribution in [2.75, 3.05) is 0 Å². The van der Waals surface area contributed by atoms with Crippen LogP contribution >= 0.6 is 0 Å². The van der Waals surface area contributed by atoms with E-state index in [1.807, 2.05) is 0 Å². The highest BCUT2D eigenvalue weighted by atomic mass is 19.1. The van der Waals surface area contributed by atoms with Gasteiger partial charge >= 0.3 is 6.09 Å². The molecule has 0 saturated heterocycles. The van der Waals surface area contributed by atoms with Crippen molar-refractivity contribution in [2.24, 2.45) is 4.99 Å². The average Bonchev–Trinajstić information content (AvgIpc) is 2.14. The number of hydrogen-bond donors (Lipinski definition) is 0. The lowest BCUT2D eigenvalue weighted by Gasteiger charge is -2.17. The summed E-state index contributed by atoms with van der Waals surface area (Å²) in [7, 11) is 0. The number of rotatable bonds is 1. The molecule has 0 N–H and O–H groups in total. The fourth-order valence-corrected chi connectivity index (χ4v) is 0.990. The summed E-state index contributed by atoms with van der Waals surface area (Å²) in [5.41, 5.74) is -0.336. The summed E-state index contributed by atoms with van der Waals surface area (Å²) in [6, 6.07) is 6.07. The van der Waals surface area contributed by atoms with Crippen LogP contribution in [0, 0.1) is 5.82 Å². The topological polar surface area (TPSA) is 38.7 Å². The SMILES string of the molecule is CC(C)(C)OC(=O)N=Cc1ccccc1F. The minimum Gasteiger partial charge on any atom is -0.442 e. The number of aliphatic imine (C=N–C) groups is 1. The molecular formula is C12H14FNO2. The van der Waals surface area contributed by atoms with E-state index in [9.17, 15) is 9.18 Å².